The van der Waals surface area contributed by atoms with Gasteiger partial charge in [0.15, 0.2) is 16.4 Å². The molecular formula is C18H11Br2Cl2F3N4O2. The molecule has 2 N–H and O–H groups in total. The van der Waals surface area contributed by atoms with Crippen LogP contribution in [0.1, 0.15) is 34.8 Å². The van der Waals surface area contributed by atoms with Crippen LogP contribution in [0.3, 0.4) is 0 Å². The Kier molecular flexibility index (Phi) is 6.06. The fourth-order valence-corrected chi connectivity index (χ4v) is 4.54. The van der Waals surface area contributed by atoms with Crippen LogP contribution in [-0.2, 0) is 0 Å². The third kappa shape index (κ3) is 4.46. The van der Waals surface area contributed by atoms with E-state index in [1.54, 1.807) is 12.1 Å². The molecule has 0 unspecified atom stereocenters. The van der Waals surface area contributed by atoms with E-state index in [1.807, 2.05) is 0 Å². The van der Waals surface area contributed by atoms with E-state index in [0.29, 0.717) is 15.5 Å². The number of fused-ring (bicyclic) bond motifs is 1. The second kappa shape index (κ2) is 8.34. The van der Waals surface area contributed by atoms with Crippen LogP contribution in [0.15, 0.2) is 43.9 Å². The summed E-state index contributed by atoms with van der Waals surface area (Å²) in [6.45, 7) is 0. The average Bonchev–Trinajstić information content (AvgIpc) is 3.26. The van der Waals surface area contributed by atoms with E-state index >= 15 is 0 Å². The number of carbonyl (C=O) groups is 1. The molecular weight excluding hydrogens is 592 g/mol. The Labute approximate surface area is 200 Å². The van der Waals surface area contributed by atoms with Gasteiger partial charge in [-0.1, -0.05) is 23.2 Å². The summed E-state index contributed by atoms with van der Waals surface area (Å²) in [5, 5.41) is 9.99. The van der Waals surface area contributed by atoms with Crippen LogP contribution < -0.4 is 10.6 Å². The van der Waals surface area contributed by atoms with Crippen LogP contribution in [0.25, 0.3) is 0 Å². The second-order valence-electron chi connectivity index (χ2n) is 6.67. The zero-order valence-electron chi connectivity index (χ0n) is 15.1. The van der Waals surface area contributed by atoms with Gasteiger partial charge in [0.2, 0.25) is 0 Å². The Hall–Kier alpha value is -1.69. The number of carbonyl (C=O) groups excluding carboxylic acids is 1. The highest BCUT2D eigenvalue weighted by molar-refractivity contribution is 9.10. The van der Waals surface area contributed by atoms with Gasteiger partial charge in [-0.3, -0.25) is 4.79 Å². The Bertz CT molecular complexity index is 1170. The van der Waals surface area contributed by atoms with E-state index in [0.717, 1.165) is 4.68 Å². The largest absolute Gasteiger partial charge is 0.452 e. The molecule has 0 bridgehead atoms. The minimum absolute atomic E-state index is 0.0125. The number of nitrogens with zero attached hydrogens (tertiary/aromatic N) is 2. The van der Waals surface area contributed by atoms with Crippen molar-refractivity contribution >= 4 is 72.5 Å². The first-order valence-electron chi connectivity index (χ1n) is 8.67. The molecule has 2 aromatic heterocycles. The number of anilines is 2. The first-order chi connectivity index (χ1) is 14.5. The number of amides is 1. The molecule has 13 heteroatoms. The monoisotopic (exact) mass is 600 g/mol. The normalized spacial score (nSPS) is 18.4. The molecule has 3 aromatic rings. The van der Waals surface area contributed by atoms with Crippen molar-refractivity contribution < 1.29 is 22.4 Å². The van der Waals surface area contributed by atoms with Crippen molar-refractivity contribution in [2.75, 3.05) is 10.6 Å². The third-order valence-corrected chi connectivity index (χ3v) is 6.35. The molecule has 2 atom stereocenters. The van der Waals surface area contributed by atoms with Crippen LogP contribution in [0.2, 0.25) is 10.0 Å². The van der Waals surface area contributed by atoms with Crippen LogP contribution >= 0.6 is 55.1 Å². The average molecular weight is 603 g/mol. The molecule has 6 nitrogen and oxygen atoms in total. The molecule has 0 radical (unpaired) electrons. The number of halogens is 7. The summed E-state index contributed by atoms with van der Waals surface area (Å²) in [6.07, 6.45) is -4.97. The van der Waals surface area contributed by atoms with Gasteiger partial charge in [0, 0.05) is 11.4 Å². The van der Waals surface area contributed by atoms with Gasteiger partial charge in [0.05, 0.1) is 21.2 Å². The van der Waals surface area contributed by atoms with Crippen molar-refractivity contribution in [2.24, 2.45) is 0 Å². The third-order valence-electron chi connectivity index (χ3n) is 4.63. The summed E-state index contributed by atoms with van der Waals surface area (Å²) in [4.78, 5) is 12.8. The summed E-state index contributed by atoms with van der Waals surface area (Å²) < 4.78 is 48.1. The number of nitrogens with one attached hydrogen (secondary N) is 2. The van der Waals surface area contributed by atoms with Crippen molar-refractivity contribution in [2.45, 2.75) is 24.7 Å². The number of furan rings is 1. The smallest absolute Gasteiger partial charge is 0.410 e. The molecule has 0 saturated carbocycles. The molecule has 164 valence electrons. The molecule has 0 spiro atoms. The van der Waals surface area contributed by atoms with E-state index in [-0.39, 0.29) is 33.1 Å². The highest BCUT2D eigenvalue weighted by Gasteiger charge is 2.48. The van der Waals surface area contributed by atoms with Gasteiger partial charge in [-0.2, -0.15) is 18.3 Å². The summed E-state index contributed by atoms with van der Waals surface area (Å²) in [5.41, 5.74) is 0.0108. The fourth-order valence-electron chi connectivity index (χ4n) is 3.21. The Morgan fingerprint density at radius 3 is 2.61 bits per heavy atom. The van der Waals surface area contributed by atoms with E-state index in [2.05, 4.69) is 47.6 Å². The number of aromatic nitrogens is 2. The van der Waals surface area contributed by atoms with E-state index in [4.69, 9.17) is 27.6 Å². The lowest BCUT2D eigenvalue weighted by molar-refractivity contribution is -0.174. The van der Waals surface area contributed by atoms with Gasteiger partial charge >= 0.3 is 6.18 Å². The maximum atomic E-state index is 13.8. The van der Waals surface area contributed by atoms with Gasteiger partial charge in [-0.25, -0.2) is 4.68 Å². The van der Waals surface area contributed by atoms with E-state index in [9.17, 15) is 18.0 Å². The molecule has 1 aliphatic rings. The zero-order valence-corrected chi connectivity index (χ0v) is 19.8. The number of benzene rings is 1. The maximum absolute atomic E-state index is 13.8. The highest BCUT2D eigenvalue weighted by atomic mass is 79.9. The maximum Gasteiger partial charge on any atom is 0.410 e. The van der Waals surface area contributed by atoms with Crippen LogP contribution in [-0.4, -0.2) is 21.9 Å². The van der Waals surface area contributed by atoms with Gasteiger partial charge in [-0.05, 0) is 62.2 Å². The number of alkyl halides is 3. The Morgan fingerprint density at radius 2 is 2.00 bits per heavy atom. The molecule has 1 aliphatic heterocycles. The lowest BCUT2D eigenvalue weighted by Gasteiger charge is -2.32. The number of hydrogen-bond acceptors (Lipinski definition) is 4. The molecule has 0 fully saturated rings. The van der Waals surface area contributed by atoms with Gasteiger partial charge < -0.3 is 15.1 Å². The van der Waals surface area contributed by atoms with Crippen LogP contribution in [0.5, 0.6) is 0 Å². The van der Waals surface area contributed by atoms with Gasteiger partial charge in [0.25, 0.3) is 5.91 Å². The lowest BCUT2D eigenvalue weighted by atomic mass is 10.0. The molecule has 1 aromatic carbocycles. The SMILES string of the molecule is O=C(Nc1ccc(Cl)cc1Cl)c1nn2c(c1Br)N[C@@H](c1ccc(Br)o1)C[C@@H]2C(F)(F)F. The second-order valence-corrected chi connectivity index (χ2v) is 9.08. The Morgan fingerprint density at radius 1 is 1.26 bits per heavy atom. The molecule has 0 saturated heterocycles. The highest BCUT2D eigenvalue weighted by Crippen LogP contribution is 2.46. The van der Waals surface area contributed by atoms with Crippen molar-refractivity contribution in [1.82, 2.24) is 9.78 Å². The van der Waals surface area contributed by atoms with Crippen LogP contribution in [0, 0.1) is 0 Å². The molecule has 0 aliphatic carbocycles. The summed E-state index contributed by atoms with van der Waals surface area (Å²) >= 11 is 18.3. The minimum atomic E-state index is -4.60. The topological polar surface area (TPSA) is 72.1 Å². The van der Waals surface area contributed by atoms with Gasteiger partial charge in [0.1, 0.15) is 11.6 Å². The summed E-state index contributed by atoms with van der Waals surface area (Å²) in [7, 11) is 0. The van der Waals surface area contributed by atoms with Crippen molar-refractivity contribution in [3.8, 4) is 0 Å². The lowest BCUT2D eigenvalue weighted by Crippen LogP contribution is -2.35. The summed E-state index contributed by atoms with van der Waals surface area (Å²) in [6, 6.07) is 4.85. The molecule has 4 rings (SSSR count). The first-order valence-corrected chi connectivity index (χ1v) is 11.0. The number of hydrogen-bond donors (Lipinski definition) is 2. The van der Waals surface area contributed by atoms with E-state index in [1.165, 1.54) is 18.2 Å². The standard InChI is InChI=1S/C18H11Br2Cl2F3N4O2/c19-13-4-3-11(31-13)10-6-12(18(23,24)25)29-16(26-10)14(20)15(28-29)17(30)27-9-2-1-7(21)5-8(9)22/h1-5,10,12,26H,6H2,(H,27,30)/t10-,12-/m1/s1. The Balaban J connectivity index is 1.70. The minimum Gasteiger partial charge on any atom is -0.452 e. The van der Waals surface area contributed by atoms with Crippen LogP contribution in [0.4, 0.5) is 24.7 Å². The number of rotatable bonds is 3. The molecule has 1 amide bonds. The zero-order chi connectivity index (χ0) is 22.5. The van der Waals surface area contributed by atoms with Gasteiger partial charge in [-0.15, -0.1) is 0 Å². The first kappa shape index (κ1) is 22.5. The van der Waals surface area contributed by atoms with E-state index < -0.39 is 24.2 Å². The quantitative estimate of drug-likeness (QED) is 0.332. The predicted molar refractivity (Wildman–Crippen MR) is 117 cm³/mol. The van der Waals surface area contributed by atoms with Crippen molar-refractivity contribution in [3.05, 3.63) is 61.0 Å². The summed E-state index contributed by atoms with van der Waals surface area (Å²) in [5.74, 6) is -0.407. The van der Waals surface area contributed by atoms with Crippen molar-refractivity contribution in [3.63, 3.8) is 0 Å². The van der Waals surface area contributed by atoms with Crippen molar-refractivity contribution in [1.29, 1.82) is 0 Å². The molecule has 31 heavy (non-hydrogen) atoms. The predicted octanol–water partition coefficient (Wildman–Crippen LogP) is 7.22. The molecule has 3 heterocycles. The fraction of sp³-hybridized carbons (Fsp3) is 0.222.